The van der Waals surface area contributed by atoms with E-state index in [1.54, 1.807) is 35.4 Å². The normalized spacial score (nSPS) is 15.3. The van der Waals surface area contributed by atoms with Gasteiger partial charge in [-0.25, -0.2) is 10.4 Å². The summed E-state index contributed by atoms with van der Waals surface area (Å²) in [4.78, 5) is 34.6. The molecule has 0 spiro atoms. The van der Waals surface area contributed by atoms with Crippen LogP contribution >= 0.6 is 11.3 Å². The van der Waals surface area contributed by atoms with Gasteiger partial charge >= 0.3 is 11.1 Å². The number of rotatable bonds is 4. The number of fused-ring (bicyclic) bond motifs is 1. The van der Waals surface area contributed by atoms with Crippen LogP contribution in [0.5, 0.6) is 0 Å². The predicted molar refractivity (Wildman–Crippen MR) is 102 cm³/mol. The molecular weight excluding hydrogens is 352 g/mol. The SMILES string of the molecule is Cn1c(=O)c(=O)n(C2CCCC2)c2nc(N/N=C/c3cccs3)ncc21. The van der Waals surface area contributed by atoms with E-state index in [1.807, 2.05) is 17.5 Å². The Kier molecular flexibility index (Phi) is 4.37. The molecule has 1 N–H and O–H groups in total. The van der Waals surface area contributed by atoms with Crippen molar-refractivity contribution in [3.63, 3.8) is 0 Å². The molecule has 0 atom stereocenters. The lowest BCUT2D eigenvalue weighted by atomic mass is 10.2. The molecule has 1 aliphatic carbocycles. The standard InChI is InChI=1S/C17H18N6O2S/c1-22-13-10-18-17(21-19-9-12-7-4-8-26-12)20-14(13)23(16(25)15(22)24)11-5-2-3-6-11/h4,7-11H,2-3,5-6H2,1H3,(H,18,20,21)/b19-9+. The molecule has 26 heavy (non-hydrogen) atoms. The summed E-state index contributed by atoms with van der Waals surface area (Å²) < 4.78 is 2.85. The molecule has 4 rings (SSSR count). The van der Waals surface area contributed by atoms with Crippen molar-refractivity contribution in [2.75, 3.05) is 5.43 Å². The van der Waals surface area contributed by atoms with Crippen LogP contribution < -0.4 is 16.5 Å². The first-order valence-electron chi connectivity index (χ1n) is 8.46. The Morgan fingerprint density at radius 2 is 2.12 bits per heavy atom. The van der Waals surface area contributed by atoms with Crippen LogP contribution in [-0.2, 0) is 7.05 Å². The van der Waals surface area contributed by atoms with E-state index in [-0.39, 0.29) is 12.0 Å². The monoisotopic (exact) mass is 370 g/mol. The first-order valence-corrected chi connectivity index (χ1v) is 9.34. The Morgan fingerprint density at radius 1 is 1.31 bits per heavy atom. The van der Waals surface area contributed by atoms with Crippen LogP contribution in [0.15, 0.2) is 38.4 Å². The fraction of sp³-hybridized carbons (Fsp3) is 0.353. The molecule has 3 aromatic heterocycles. The van der Waals surface area contributed by atoms with Crippen molar-refractivity contribution in [3.8, 4) is 0 Å². The molecule has 9 heteroatoms. The number of thiophene rings is 1. The van der Waals surface area contributed by atoms with Crippen molar-refractivity contribution in [1.82, 2.24) is 19.1 Å². The number of nitrogens with zero attached hydrogens (tertiary/aromatic N) is 5. The quantitative estimate of drug-likeness (QED) is 0.431. The van der Waals surface area contributed by atoms with Gasteiger partial charge in [0.2, 0.25) is 5.95 Å². The molecule has 3 heterocycles. The highest BCUT2D eigenvalue weighted by atomic mass is 32.1. The predicted octanol–water partition coefficient (Wildman–Crippen LogP) is 2.11. The summed E-state index contributed by atoms with van der Waals surface area (Å²) in [6.07, 6.45) is 7.10. The van der Waals surface area contributed by atoms with Gasteiger partial charge in [0.1, 0.15) is 5.52 Å². The number of aryl methyl sites for hydroxylation is 1. The summed E-state index contributed by atoms with van der Waals surface area (Å²) in [6, 6.07) is 3.90. The zero-order valence-corrected chi connectivity index (χ0v) is 15.1. The molecule has 0 unspecified atom stereocenters. The summed E-state index contributed by atoms with van der Waals surface area (Å²) in [5.41, 5.74) is 2.72. The van der Waals surface area contributed by atoms with Crippen LogP contribution in [0.4, 0.5) is 5.95 Å². The van der Waals surface area contributed by atoms with Crippen molar-refractivity contribution in [2.24, 2.45) is 12.1 Å². The second-order valence-corrected chi connectivity index (χ2v) is 7.24. The van der Waals surface area contributed by atoms with E-state index in [0.29, 0.717) is 11.2 Å². The Hall–Kier alpha value is -2.81. The van der Waals surface area contributed by atoms with Gasteiger partial charge in [0.25, 0.3) is 0 Å². The maximum absolute atomic E-state index is 12.6. The molecular formula is C17H18N6O2S. The molecule has 0 radical (unpaired) electrons. The van der Waals surface area contributed by atoms with Gasteiger partial charge in [-0.1, -0.05) is 18.9 Å². The van der Waals surface area contributed by atoms with Gasteiger partial charge < -0.3 is 4.57 Å². The molecule has 0 aliphatic heterocycles. The average molecular weight is 370 g/mol. The summed E-state index contributed by atoms with van der Waals surface area (Å²) >= 11 is 1.57. The number of hydrazone groups is 1. The highest BCUT2D eigenvalue weighted by molar-refractivity contribution is 7.11. The van der Waals surface area contributed by atoms with Crippen molar-refractivity contribution in [3.05, 3.63) is 49.3 Å². The molecule has 0 saturated heterocycles. The number of nitrogens with one attached hydrogen (secondary N) is 1. The second kappa shape index (κ2) is 6.83. The van der Waals surface area contributed by atoms with Crippen LogP contribution in [0.1, 0.15) is 36.6 Å². The molecule has 8 nitrogen and oxygen atoms in total. The molecule has 0 amide bonds. The molecule has 1 aliphatic rings. The van der Waals surface area contributed by atoms with E-state index in [4.69, 9.17) is 0 Å². The minimum Gasteiger partial charge on any atom is -0.303 e. The lowest BCUT2D eigenvalue weighted by Gasteiger charge is -2.17. The largest absolute Gasteiger partial charge is 0.318 e. The molecule has 0 aromatic carbocycles. The average Bonchev–Trinajstić information content (AvgIpc) is 3.34. The molecule has 3 aromatic rings. The maximum atomic E-state index is 12.6. The summed E-state index contributed by atoms with van der Waals surface area (Å²) in [5.74, 6) is 0.287. The third-order valence-corrected chi connectivity index (χ3v) is 5.44. The summed E-state index contributed by atoms with van der Waals surface area (Å²) in [5, 5.41) is 6.10. The number of hydrogen-bond acceptors (Lipinski definition) is 7. The minimum absolute atomic E-state index is 0.0104. The van der Waals surface area contributed by atoms with Crippen molar-refractivity contribution in [2.45, 2.75) is 31.7 Å². The van der Waals surface area contributed by atoms with E-state index < -0.39 is 11.1 Å². The highest BCUT2D eigenvalue weighted by Crippen LogP contribution is 2.29. The first kappa shape index (κ1) is 16.6. The third-order valence-electron chi connectivity index (χ3n) is 4.64. The Balaban J connectivity index is 1.78. The second-order valence-electron chi connectivity index (χ2n) is 6.27. The maximum Gasteiger partial charge on any atom is 0.318 e. The highest BCUT2D eigenvalue weighted by Gasteiger charge is 2.23. The van der Waals surface area contributed by atoms with Gasteiger partial charge in [0.05, 0.1) is 12.4 Å². The Bertz CT molecular complexity index is 1080. The van der Waals surface area contributed by atoms with Gasteiger partial charge in [-0.3, -0.25) is 14.2 Å². The van der Waals surface area contributed by atoms with Gasteiger partial charge in [-0.05, 0) is 24.3 Å². The fourth-order valence-electron chi connectivity index (χ4n) is 3.31. The fourth-order valence-corrected chi connectivity index (χ4v) is 3.89. The van der Waals surface area contributed by atoms with E-state index >= 15 is 0 Å². The van der Waals surface area contributed by atoms with E-state index in [2.05, 4.69) is 20.5 Å². The van der Waals surface area contributed by atoms with Crippen LogP contribution in [-0.4, -0.2) is 25.3 Å². The number of anilines is 1. The van der Waals surface area contributed by atoms with E-state index in [1.165, 1.54) is 4.57 Å². The van der Waals surface area contributed by atoms with Gasteiger partial charge in [-0.15, -0.1) is 11.3 Å². The van der Waals surface area contributed by atoms with E-state index in [0.717, 1.165) is 30.6 Å². The van der Waals surface area contributed by atoms with Crippen molar-refractivity contribution >= 4 is 34.7 Å². The van der Waals surface area contributed by atoms with Crippen LogP contribution in [0.3, 0.4) is 0 Å². The van der Waals surface area contributed by atoms with E-state index in [9.17, 15) is 9.59 Å². The van der Waals surface area contributed by atoms with Crippen LogP contribution in [0.25, 0.3) is 11.2 Å². The lowest BCUT2D eigenvalue weighted by molar-refractivity contribution is 0.507. The van der Waals surface area contributed by atoms with Crippen LogP contribution in [0, 0.1) is 0 Å². The van der Waals surface area contributed by atoms with Crippen LogP contribution in [0.2, 0.25) is 0 Å². The lowest BCUT2D eigenvalue weighted by Crippen LogP contribution is -2.42. The zero-order chi connectivity index (χ0) is 18.1. The Morgan fingerprint density at radius 3 is 2.85 bits per heavy atom. The van der Waals surface area contributed by atoms with Gasteiger partial charge in [0.15, 0.2) is 5.65 Å². The first-order chi connectivity index (χ1) is 12.6. The summed E-state index contributed by atoms with van der Waals surface area (Å²) in [7, 11) is 1.57. The third kappa shape index (κ3) is 2.94. The smallest absolute Gasteiger partial charge is 0.303 e. The van der Waals surface area contributed by atoms with Crippen molar-refractivity contribution < 1.29 is 0 Å². The number of hydrogen-bond donors (Lipinski definition) is 1. The molecule has 0 bridgehead atoms. The Labute approximate surface area is 152 Å². The topological polar surface area (TPSA) is 94.2 Å². The van der Waals surface area contributed by atoms with Gasteiger partial charge in [-0.2, -0.15) is 10.1 Å². The molecule has 1 saturated carbocycles. The number of aromatic nitrogens is 4. The molecule has 1 fully saturated rings. The minimum atomic E-state index is -0.551. The molecule has 134 valence electrons. The van der Waals surface area contributed by atoms with Crippen molar-refractivity contribution in [1.29, 1.82) is 0 Å². The zero-order valence-electron chi connectivity index (χ0n) is 14.3. The van der Waals surface area contributed by atoms with Gasteiger partial charge in [0, 0.05) is 18.0 Å². The summed E-state index contributed by atoms with van der Waals surface area (Å²) in [6.45, 7) is 0.